The zero-order valence-electron chi connectivity index (χ0n) is 27.6. The average Bonchev–Trinajstić information content (AvgIpc) is 3.52. The Hall–Kier alpha value is -6.46. The molecule has 0 spiro atoms. The number of aromatic nitrogens is 4. The predicted octanol–water partition coefficient (Wildman–Crippen LogP) is 10.6. The maximum Gasteiger partial charge on any atom is 0.166 e. The first-order valence-electron chi connectivity index (χ1n) is 17.0. The van der Waals surface area contributed by atoms with Gasteiger partial charge in [-0.2, -0.15) is 0 Å². The van der Waals surface area contributed by atoms with Crippen LogP contribution in [0.25, 0.3) is 56.4 Å². The number of hydrogen-bond donors (Lipinski definition) is 0. The van der Waals surface area contributed by atoms with Gasteiger partial charge < -0.3 is 4.90 Å². The zero-order chi connectivity index (χ0) is 33.4. The minimum atomic E-state index is 0.0918. The lowest BCUT2D eigenvalue weighted by atomic mass is 9.90. The number of hydrogen-bond acceptors (Lipinski definition) is 5. The fraction of sp³-hybridized carbons (Fsp3) is 0.0667. The van der Waals surface area contributed by atoms with Gasteiger partial charge in [-0.15, -0.1) is 0 Å². The standard InChI is InChI=1S/C45H33N5/c1-30-13-8-9-19-36(30)34-22-24-38-37-20-10-11-21-40(37)50(42(38)28-34)41-25-23-33(35-18-12-26-46-29-35)27-39(41)45-48-43(31-14-4-2-5-15-31)47-44(49-45)32-16-6-3-7-17-32/h2-29,37,40H,1H3. The summed E-state index contributed by atoms with van der Waals surface area (Å²) < 4.78 is 0. The summed E-state index contributed by atoms with van der Waals surface area (Å²) in [6, 6.07) is 46.6. The summed E-state index contributed by atoms with van der Waals surface area (Å²) in [6.07, 6.45) is 12.7. The summed E-state index contributed by atoms with van der Waals surface area (Å²) in [5.41, 5.74) is 12.1. The number of fused-ring (bicyclic) bond motifs is 3. The number of aryl methyl sites for hydroxylation is 1. The van der Waals surface area contributed by atoms with Crippen molar-refractivity contribution in [3.05, 3.63) is 181 Å². The summed E-state index contributed by atoms with van der Waals surface area (Å²) in [7, 11) is 0. The normalized spacial score (nSPS) is 15.9. The first-order chi connectivity index (χ1) is 24.7. The molecule has 0 amide bonds. The van der Waals surface area contributed by atoms with Crippen LogP contribution >= 0.6 is 0 Å². The van der Waals surface area contributed by atoms with Gasteiger partial charge in [0, 0.05) is 46.3 Å². The van der Waals surface area contributed by atoms with Gasteiger partial charge in [0.15, 0.2) is 17.5 Å². The van der Waals surface area contributed by atoms with Crippen LogP contribution in [0.3, 0.4) is 0 Å². The lowest BCUT2D eigenvalue weighted by Crippen LogP contribution is -2.29. The molecular weight excluding hydrogens is 611 g/mol. The minimum absolute atomic E-state index is 0.0918. The molecule has 2 aromatic heterocycles. The lowest BCUT2D eigenvalue weighted by molar-refractivity contribution is 0.745. The smallest absolute Gasteiger partial charge is 0.166 e. The number of anilines is 2. The van der Waals surface area contributed by atoms with Gasteiger partial charge in [0.05, 0.1) is 11.7 Å². The third kappa shape index (κ3) is 5.30. The van der Waals surface area contributed by atoms with Crippen LogP contribution in [0, 0.1) is 6.92 Å². The van der Waals surface area contributed by atoms with Crippen LogP contribution in [0.5, 0.6) is 0 Å². The van der Waals surface area contributed by atoms with Gasteiger partial charge >= 0.3 is 0 Å². The number of rotatable bonds is 6. The van der Waals surface area contributed by atoms with Gasteiger partial charge in [0.1, 0.15) is 0 Å². The Kier molecular flexibility index (Phi) is 7.43. The van der Waals surface area contributed by atoms with Crippen molar-refractivity contribution < 1.29 is 0 Å². The molecule has 5 nitrogen and oxygen atoms in total. The van der Waals surface area contributed by atoms with Crippen LogP contribution in [0.2, 0.25) is 0 Å². The van der Waals surface area contributed by atoms with Gasteiger partial charge in [-0.05, 0) is 59.0 Å². The van der Waals surface area contributed by atoms with Crippen molar-refractivity contribution in [1.82, 2.24) is 19.9 Å². The van der Waals surface area contributed by atoms with Crippen molar-refractivity contribution in [2.24, 2.45) is 0 Å². The highest BCUT2D eigenvalue weighted by atomic mass is 15.2. The highest BCUT2D eigenvalue weighted by Crippen LogP contribution is 2.51. The fourth-order valence-corrected chi connectivity index (χ4v) is 7.25. The Balaban J connectivity index is 1.30. The quantitative estimate of drug-likeness (QED) is 0.180. The predicted molar refractivity (Wildman–Crippen MR) is 203 cm³/mol. The second-order valence-corrected chi connectivity index (χ2v) is 12.8. The van der Waals surface area contributed by atoms with E-state index in [1.807, 2.05) is 48.7 Å². The number of pyridine rings is 1. The molecule has 0 N–H and O–H groups in total. The number of nitrogens with zero attached hydrogens (tertiary/aromatic N) is 5. The van der Waals surface area contributed by atoms with Gasteiger partial charge in [-0.1, -0.05) is 133 Å². The molecule has 238 valence electrons. The minimum Gasteiger partial charge on any atom is -0.333 e. The molecule has 5 aromatic carbocycles. The molecule has 2 aliphatic rings. The molecule has 50 heavy (non-hydrogen) atoms. The monoisotopic (exact) mass is 643 g/mol. The molecule has 0 fully saturated rings. The summed E-state index contributed by atoms with van der Waals surface area (Å²) in [6.45, 7) is 2.18. The van der Waals surface area contributed by atoms with E-state index in [4.69, 9.17) is 15.0 Å². The maximum atomic E-state index is 5.21. The third-order valence-corrected chi connectivity index (χ3v) is 9.70. The Morgan fingerprint density at radius 2 is 1.16 bits per heavy atom. The second-order valence-electron chi connectivity index (χ2n) is 12.8. The molecule has 0 bridgehead atoms. The molecule has 1 aliphatic heterocycles. The molecule has 2 atom stereocenters. The van der Waals surface area contributed by atoms with Gasteiger partial charge in [-0.3, -0.25) is 4.98 Å². The van der Waals surface area contributed by atoms with E-state index in [2.05, 4.69) is 132 Å². The highest BCUT2D eigenvalue weighted by Gasteiger charge is 2.39. The maximum absolute atomic E-state index is 5.21. The Morgan fingerprint density at radius 1 is 0.500 bits per heavy atom. The van der Waals surface area contributed by atoms with Crippen LogP contribution in [0.4, 0.5) is 11.4 Å². The van der Waals surface area contributed by atoms with Crippen LogP contribution in [-0.4, -0.2) is 26.0 Å². The van der Waals surface area contributed by atoms with Crippen LogP contribution in [0.1, 0.15) is 17.0 Å². The zero-order valence-corrected chi connectivity index (χ0v) is 27.6. The molecule has 0 radical (unpaired) electrons. The first-order valence-corrected chi connectivity index (χ1v) is 17.0. The molecule has 9 rings (SSSR count). The lowest BCUT2D eigenvalue weighted by Gasteiger charge is -2.30. The van der Waals surface area contributed by atoms with Gasteiger partial charge in [0.2, 0.25) is 0 Å². The van der Waals surface area contributed by atoms with E-state index in [-0.39, 0.29) is 12.0 Å². The van der Waals surface area contributed by atoms with Gasteiger partial charge in [0.25, 0.3) is 0 Å². The van der Waals surface area contributed by atoms with Crippen molar-refractivity contribution >= 4 is 11.4 Å². The summed E-state index contributed by atoms with van der Waals surface area (Å²) in [4.78, 5) is 22.3. The van der Waals surface area contributed by atoms with Crippen molar-refractivity contribution in [2.75, 3.05) is 4.90 Å². The largest absolute Gasteiger partial charge is 0.333 e. The van der Waals surface area contributed by atoms with Crippen LogP contribution < -0.4 is 4.90 Å². The van der Waals surface area contributed by atoms with E-state index in [1.54, 1.807) is 6.20 Å². The fourth-order valence-electron chi connectivity index (χ4n) is 7.25. The molecule has 0 saturated carbocycles. The molecule has 2 unspecified atom stereocenters. The van der Waals surface area contributed by atoms with Crippen LogP contribution in [0.15, 0.2) is 170 Å². The van der Waals surface area contributed by atoms with E-state index in [0.717, 1.165) is 33.5 Å². The third-order valence-electron chi connectivity index (χ3n) is 9.70. The van der Waals surface area contributed by atoms with E-state index in [0.29, 0.717) is 17.5 Å². The Morgan fingerprint density at radius 3 is 1.88 bits per heavy atom. The van der Waals surface area contributed by atoms with Gasteiger partial charge in [-0.25, -0.2) is 15.0 Å². The molecule has 1 aliphatic carbocycles. The summed E-state index contributed by atoms with van der Waals surface area (Å²) in [5.74, 6) is 2.10. The SMILES string of the molecule is Cc1ccccc1-c1ccc2c(c1)N(c1ccc(-c3cccnc3)cc1-c1nc(-c3ccccc3)nc(-c3ccccc3)n1)C1C=CC=CC21. The molecule has 3 heterocycles. The molecule has 5 heteroatoms. The van der Waals surface area contributed by atoms with Crippen molar-refractivity contribution in [2.45, 2.75) is 18.9 Å². The van der Waals surface area contributed by atoms with Crippen molar-refractivity contribution in [1.29, 1.82) is 0 Å². The Bertz CT molecular complexity index is 2340. The van der Waals surface area contributed by atoms with E-state index in [9.17, 15) is 0 Å². The molecule has 0 saturated heterocycles. The summed E-state index contributed by atoms with van der Waals surface area (Å²) >= 11 is 0. The van der Waals surface area contributed by atoms with E-state index in [1.165, 1.54) is 27.9 Å². The van der Waals surface area contributed by atoms with E-state index < -0.39 is 0 Å². The summed E-state index contributed by atoms with van der Waals surface area (Å²) in [5, 5.41) is 0. The van der Waals surface area contributed by atoms with Crippen molar-refractivity contribution in [3.8, 4) is 56.4 Å². The van der Waals surface area contributed by atoms with E-state index >= 15 is 0 Å². The highest BCUT2D eigenvalue weighted by molar-refractivity contribution is 5.89. The second kappa shape index (κ2) is 12.5. The van der Waals surface area contributed by atoms with Crippen LogP contribution in [-0.2, 0) is 0 Å². The topological polar surface area (TPSA) is 54.8 Å². The average molecular weight is 644 g/mol. The molecule has 7 aromatic rings. The number of allylic oxidation sites excluding steroid dienone is 2. The molecular formula is C45H33N5. The first kappa shape index (κ1) is 29.7. The Labute approximate surface area is 292 Å². The number of benzene rings is 5. The van der Waals surface area contributed by atoms with Crippen molar-refractivity contribution in [3.63, 3.8) is 0 Å².